The van der Waals surface area contributed by atoms with Gasteiger partial charge in [-0.05, 0) is 54.3 Å². The molecule has 34 heavy (non-hydrogen) atoms. The van der Waals surface area contributed by atoms with Crippen LogP contribution in [-0.4, -0.2) is 28.9 Å². The zero-order valence-corrected chi connectivity index (χ0v) is 19.2. The number of halogens is 1. The van der Waals surface area contributed by atoms with Crippen molar-refractivity contribution in [3.63, 3.8) is 0 Å². The minimum absolute atomic E-state index is 0.0457. The van der Waals surface area contributed by atoms with Gasteiger partial charge in [-0.3, -0.25) is 19.8 Å². The highest BCUT2D eigenvalue weighted by molar-refractivity contribution is 6.30. The van der Waals surface area contributed by atoms with E-state index in [0.717, 1.165) is 24.1 Å². The van der Waals surface area contributed by atoms with Gasteiger partial charge in [-0.1, -0.05) is 35.9 Å². The molecule has 0 spiro atoms. The summed E-state index contributed by atoms with van der Waals surface area (Å²) >= 11 is 5.97. The van der Waals surface area contributed by atoms with Crippen LogP contribution < -0.4 is 9.47 Å². The fourth-order valence-electron chi connectivity index (χ4n) is 4.24. The Labute approximate surface area is 201 Å². The molecule has 2 aliphatic heterocycles. The fourth-order valence-corrected chi connectivity index (χ4v) is 4.36. The average Bonchev–Trinajstić information content (AvgIpc) is 3.16. The molecule has 0 bridgehead atoms. The van der Waals surface area contributed by atoms with Crippen molar-refractivity contribution in [2.75, 3.05) is 13.3 Å². The van der Waals surface area contributed by atoms with Crippen LogP contribution in [0.2, 0.25) is 5.02 Å². The molecule has 0 aliphatic carbocycles. The topological polar surface area (TPSA) is 81.9 Å². The molecule has 3 aromatic carbocycles. The average molecular weight is 477 g/mol. The quantitative estimate of drug-likeness (QED) is 0.272. The summed E-state index contributed by atoms with van der Waals surface area (Å²) in [7, 11) is 0. The smallest absolute Gasteiger partial charge is 0.270 e. The van der Waals surface area contributed by atoms with Crippen LogP contribution in [0, 0.1) is 17.0 Å². The van der Waals surface area contributed by atoms with E-state index >= 15 is 0 Å². The van der Waals surface area contributed by atoms with Gasteiger partial charge in [0.25, 0.3) is 5.69 Å². The zero-order chi connectivity index (χ0) is 23.8. The van der Waals surface area contributed by atoms with Gasteiger partial charge >= 0.3 is 0 Å². The van der Waals surface area contributed by atoms with Gasteiger partial charge in [-0.2, -0.15) is 0 Å². The van der Waals surface area contributed by atoms with E-state index in [1.807, 2.05) is 37.3 Å². The van der Waals surface area contributed by atoms with E-state index in [-0.39, 0.29) is 17.2 Å². The first-order valence-corrected chi connectivity index (χ1v) is 11.2. The van der Waals surface area contributed by atoms with Gasteiger partial charge in [-0.25, -0.2) is 0 Å². The third-order valence-electron chi connectivity index (χ3n) is 6.00. The zero-order valence-electron chi connectivity index (χ0n) is 18.4. The number of nitrogens with zero attached hydrogens (tertiary/aromatic N) is 2. The van der Waals surface area contributed by atoms with Crippen molar-refractivity contribution in [2.45, 2.75) is 19.9 Å². The van der Waals surface area contributed by atoms with Gasteiger partial charge in [0.2, 0.25) is 5.78 Å². The number of ether oxygens (including phenoxy) is 2. The summed E-state index contributed by atoms with van der Waals surface area (Å²) in [6.45, 7) is 3.66. The van der Waals surface area contributed by atoms with Crippen LogP contribution in [0.4, 0.5) is 5.69 Å². The lowest BCUT2D eigenvalue weighted by Crippen LogP contribution is -2.33. The number of ketones is 1. The number of aryl methyl sites for hydroxylation is 1. The molecular formula is C26H21ClN2O5. The first-order valence-electron chi connectivity index (χ1n) is 10.8. The molecule has 3 aromatic rings. The second-order valence-corrected chi connectivity index (χ2v) is 8.81. The molecule has 8 heteroatoms. The number of non-ortho nitro benzene ring substituents is 1. The van der Waals surface area contributed by atoms with Gasteiger partial charge in [0.15, 0.2) is 5.76 Å². The molecule has 0 saturated carbocycles. The maximum atomic E-state index is 13.2. The van der Waals surface area contributed by atoms with E-state index in [9.17, 15) is 14.9 Å². The number of nitro groups is 1. The van der Waals surface area contributed by atoms with Gasteiger partial charge in [0.05, 0.1) is 16.1 Å². The van der Waals surface area contributed by atoms with Crippen molar-refractivity contribution in [2.24, 2.45) is 0 Å². The Morgan fingerprint density at radius 1 is 1.18 bits per heavy atom. The van der Waals surface area contributed by atoms with Crippen LogP contribution in [-0.2, 0) is 13.0 Å². The summed E-state index contributed by atoms with van der Waals surface area (Å²) in [6.07, 6.45) is 2.38. The molecule has 0 atom stereocenters. The number of carbonyl (C=O) groups is 1. The largest absolute Gasteiger partial charge is 0.478 e. The molecule has 5 rings (SSSR count). The van der Waals surface area contributed by atoms with E-state index < -0.39 is 4.92 Å². The highest BCUT2D eigenvalue weighted by Crippen LogP contribution is 2.44. The van der Waals surface area contributed by atoms with Crippen LogP contribution in [0.25, 0.3) is 6.08 Å². The highest BCUT2D eigenvalue weighted by Gasteiger charge is 2.35. The number of hydrogen-bond donors (Lipinski definition) is 0. The predicted octanol–water partition coefficient (Wildman–Crippen LogP) is 5.57. The van der Waals surface area contributed by atoms with E-state index in [4.69, 9.17) is 21.1 Å². The standard InChI is InChI=1S/C26H21ClN2O5/c1-16-11-22-21(14-28(15-33-22)10-9-17-5-7-19(27)8-6-17)26-24(16)25(30)23(34-26)13-18-3-2-4-20(12-18)29(31)32/h2-8,11-13H,9-10,14-15H2,1H3/b23-13+. The number of fused-ring (bicyclic) bond motifs is 3. The molecule has 0 unspecified atom stereocenters. The molecule has 0 fully saturated rings. The van der Waals surface area contributed by atoms with E-state index in [1.165, 1.54) is 17.7 Å². The molecule has 0 aromatic heterocycles. The van der Waals surface area contributed by atoms with Crippen LogP contribution in [0.3, 0.4) is 0 Å². The normalized spacial score (nSPS) is 16.1. The van der Waals surface area contributed by atoms with E-state index in [0.29, 0.717) is 40.9 Å². The van der Waals surface area contributed by atoms with E-state index in [2.05, 4.69) is 4.90 Å². The molecule has 2 heterocycles. The summed E-state index contributed by atoms with van der Waals surface area (Å²) in [5.74, 6) is 1.13. The molecule has 0 saturated heterocycles. The lowest BCUT2D eigenvalue weighted by molar-refractivity contribution is -0.384. The van der Waals surface area contributed by atoms with Crippen molar-refractivity contribution < 1.29 is 19.2 Å². The summed E-state index contributed by atoms with van der Waals surface area (Å²) in [4.78, 5) is 25.9. The van der Waals surface area contributed by atoms with Crippen LogP contribution >= 0.6 is 11.6 Å². The minimum Gasteiger partial charge on any atom is -0.478 e. The molecule has 7 nitrogen and oxygen atoms in total. The Morgan fingerprint density at radius 3 is 2.74 bits per heavy atom. The number of hydrogen-bond acceptors (Lipinski definition) is 6. The van der Waals surface area contributed by atoms with Gasteiger partial charge in [0.1, 0.15) is 18.2 Å². The summed E-state index contributed by atoms with van der Waals surface area (Å²) < 4.78 is 12.0. The second kappa shape index (κ2) is 8.93. The fraction of sp³-hybridized carbons (Fsp3) is 0.192. The Morgan fingerprint density at radius 2 is 1.97 bits per heavy atom. The van der Waals surface area contributed by atoms with Crippen molar-refractivity contribution in [1.82, 2.24) is 4.90 Å². The first kappa shape index (κ1) is 22.1. The SMILES string of the molecule is Cc1cc2c(c3c1C(=O)/C(=C\c1cccc([N+](=O)[O-])c1)O3)CN(CCc1ccc(Cl)cc1)CO2. The van der Waals surface area contributed by atoms with Crippen LogP contribution in [0.1, 0.15) is 32.6 Å². The number of rotatable bonds is 5. The summed E-state index contributed by atoms with van der Waals surface area (Å²) in [5, 5.41) is 11.8. The van der Waals surface area contributed by atoms with Gasteiger partial charge in [0, 0.05) is 30.2 Å². The summed E-state index contributed by atoms with van der Waals surface area (Å²) in [5.41, 5.74) is 3.78. The minimum atomic E-state index is -0.468. The summed E-state index contributed by atoms with van der Waals surface area (Å²) in [6, 6.07) is 15.7. The Balaban J connectivity index is 1.40. The number of carbonyl (C=O) groups excluding carboxylic acids is 1. The Hall–Kier alpha value is -3.68. The third-order valence-corrected chi connectivity index (χ3v) is 6.25. The predicted molar refractivity (Wildman–Crippen MR) is 128 cm³/mol. The second-order valence-electron chi connectivity index (χ2n) is 8.37. The number of nitro benzene ring substituents is 1. The van der Waals surface area contributed by atoms with Crippen molar-refractivity contribution in [1.29, 1.82) is 0 Å². The molecule has 0 N–H and O–H groups in total. The molecular weight excluding hydrogens is 456 g/mol. The van der Waals surface area contributed by atoms with Gasteiger partial charge in [-0.15, -0.1) is 0 Å². The number of Topliss-reactive ketones (excluding diaryl/α,β-unsaturated/α-hetero) is 1. The molecule has 172 valence electrons. The highest BCUT2D eigenvalue weighted by atomic mass is 35.5. The molecule has 2 aliphatic rings. The maximum absolute atomic E-state index is 13.2. The first-order chi connectivity index (χ1) is 16.4. The van der Waals surface area contributed by atoms with Crippen molar-refractivity contribution in [3.05, 3.63) is 103 Å². The number of benzene rings is 3. The van der Waals surface area contributed by atoms with Crippen LogP contribution in [0.5, 0.6) is 11.5 Å². The van der Waals surface area contributed by atoms with Crippen LogP contribution in [0.15, 0.2) is 60.4 Å². The third kappa shape index (κ3) is 4.27. The Kier molecular flexibility index (Phi) is 5.81. The van der Waals surface area contributed by atoms with Gasteiger partial charge < -0.3 is 9.47 Å². The Bertz CT molecular complexity index is 1330. The maximum Gasteiger partial charge on any atom is 0.270 e. The van der Waals surface area contributed by atoms with E-state index in [1.54, 1.807) is 18.2 Å². The van der Waals surface area contributed by atoms with Crippen molar-refractivity contribution >= 4 is 29.1 Å². The monoisotopic (exact) mass is 476 g/mol. The van der Waals surface area contributed by atoms with Crippen molar-refractivity contribution in [3.8, 4) is 11.5 Å². The number of allylic oxidation sites excluding steroid dienone is 1. The lowest BCUT2D eigenvalue weighted by atomic mass is 9.98. The molecule has 0 amide bonds. The molecule has 0 radical (unpaired) electrons. The lowest BCUT2D eigenvalue weighted by Gasteiger charge is -2.30.